The minimum atomic E-state index is -0.209. The van der Waals surface area contributed by atoms with E-state index in [1.54, 1.807) is 30.2 Å². The van der Waals surface area contributed by atoms with Gasteiger partial charge in [-0.05, 0) is 37.1 Å². The molecule has 0 bridgehead atoms. The van der Waals surface area contributed by atoms with E-state index >= 15 is 0 Å². The predicted octanol–water partition coefficient (Wildman–Crippen LogP) is 4.52. The standard InChI is InChI=1S/C21H20FNO3/c1-13-16-8-7-15(25-2)11-19(16)26-20(13)21(24)23-10-9-14(12-23)17-5-3-4-6-18(17)22/h3-8,11,14H,9-10,12H2,1-2H3. The second kappa shape index (κ2) is 6.48. The number of furan rings is 1. The van der Waals surface area contributed by atoms with Crippen LogP contribution in [0.5, 0.6) is 5.75 Å². The van der Waals surface area contributed by atoms with Gasteiger partial charge in [-0.1, -0.05) is 18.2 Å². The highest BCUT2D eigenvalue weighted by Crippen LogP contribution is 2.33. The molecule has 1 saturated heterocycles. The zero-order valence-electron chi connectivity index (χ0n) is 14.8. The van der Waals surface area contributed by atoms with Crippen molar-refractivity contribution in [3.8, 4) is 5.75 Å². The molecule has 1 aromatic heterocycles. The summed E-state index contributed by atoms with van der Waals surface area (Å²) >= 11 is 0. The Bertz CT molecular complexity index is 979. The Labute approximate surface area is 151 Å². The fourth-order valence-corrected chi connectivity index (χ4v) is 3.69. The number of fused-ring (bicyclic) bond motifs is 1. The fraction of sp³-hybridized carbons (Fsp3) is 0.286. The molecule has 2 aromatic carbocycles. The topological polar surface area (TPSA) is 42.7 Å². The van der Waals surface area contributed by atoms with E-state index in [2.05, 4.69) is 0 Å². The molecule has 4 rings (SSSR count). The van der Waals surface area contributed by atoms with Gasteiger partial charge in [0.15, 0.2) is 5.76 Å². The lowest BCUT2D eigenvalue weighted by Crippen LogP contribution is -2.28. The van der Waals surface area contributed by atoms with E-state index < -0.39 is 0 Å². The molecule has 0 saturated carbocycles. The Morgan fingerprint density at radius 1 is 1.27 bits per heavy atom. The maximum absolute atomic E-state index is 14.0. The maximum atomic E-state index is 14.0. The molecule has 1 aliphatic heterocycles. The van der Waals surface area contributed by atoms with Crippen molar-refractivity contribution in [2.24, 2.45) is 0 Å². The molecule has 5 heteroatoms. The van der Waals surface area contributed by atoms with Gasteiger partial charge in [0.1, 0.15) is 17.1 Å². The first-order valence-electron chi connectivity index (χ1n) is 8.69. The molecule has 0 spiro atoms. The molecule has 1 aliphatic rings. The predicted molar refractivity (Wildman–Crippen MR) is 97.2 cm³/mol. The van der Waals surface area contributed by atoms with E-state index in [-0.39, 0.29) is 17.6 Å². The summed E-state index contributed by atoms with van der Waals surface area (Å²) in [6, 6.07) is 12.3. The highest BCUT2D eigenvalue weighted by Gasteiger charge is 2.32. The molecular formula is C21H20FNO3. The first-order chi connectivity index (χ1) is 12.6. The van der Waals surface area contributed by atoms with Crippen LogP contribution in [0.3, 0.4) is 0 Å². The van der Waals surface area contributed by atoms with Crippen molar-refractivity contribution in [2.75, 3.05) is 20.2 Å². The lowest BCUT2D eigenvalue weighted by Gasteiger charge is -2.16. The van der Waals surface area contributed by atoms with Gasteiger partial charge in [-0.15, -0.1) is 0 Å². The third kappa shape index (κ3) is 2.73. The number of likely N-dealkylation sites (tertiary alicyclic amines) is 1. The second-order valence-electron chi connectivity index (χ2n) is 6.68. The Morgan fingerprint density at radius 2 is 2.08 bits per heavy atom. The molecule has 2 heterocycles. The molecular weight excluding hydrogens is 333 g/mol. The number of carbonyl (C=O) groups is 1. The van der Waals surface area contributed by atoms with Crippen molar-refractivity contribution >= 4 is 16.9 Å². The van der Waals surface area contributed by atoms with E-state index in [1.807, 2.05) is 25.1 Å². The summed E-state index contributed by atoms with van der Waals surface area (Å²) in [5.41, 5.74) is 2.13. The first kappa shape index (κ1) is 16.6. The molecule has 1 unspecified atom stereocenters. The van der Waals surface area contributed by atoms with Gasteiger partial charge >= 0.3 is 0 Å². The smallest absolute Gasteiger partial charge is 0.289 e. The number of hydrogen-bond acceptors (Lipinski definition) is 3. The van der Waals surface area contributed by atoms with Crippen LogP contribution in [0.25, 0.3) is 11.0 Å². The van der Waals surface area contributed by atoms with Gasteiger partial charge in [0.2, 0.25) is 0 Å². The average molecular weight is 353 g/mol. The van der Waals surface area contributed by atoms with Gasteiger partial charge in [0, 0.05) is 36.0 Å². The summed E-state index contributed by atoms with van der Waals surface area (Å²) in [5.74, 6) is 0.703. The lowest BCUT2D eigenvalue weighted by molar-refractivity contribution is 0.0760. The van der Waals surface area contributed by atoms with Crippen LogP contribution in [0.2, 0.25) is 0 Å². The van der Waals surface area contributed by atoms with Crippen LogP contribution in [-0.4, -0.2) is 31.0 Å². The largest absolute Gasteiger partial charge is 0.497 e. The molecule has 0 aliphatic carbocycles. The molecule has 0 N–H and O–H groups in total. The van der Waals surface area contributed by atoms with E-state index in [1.165, 1.54) is 6.07 Å². The summed E-state index contributed by atoms with van der Waals surface area (Å²) in [6.45, 7) is 2.98. The van der Waals surface area contributed by atoms with Gasteiger partial charge in [0.25, 0.3) is 5.91 Å². The molecule has 134 valence electrons. The summed E-state index contributed by atoms with van der Waals surface area (Å²) < 4.78 is 25.1. The number of nitrogens with zero attached hydrogens (tertiary/aromatic N) is 1. The average Bonchev–Trinajstić information content (AvgIpc) is 3.26. The van der Waals surface area contributed by atoms with Crippen LogP contribution < -0.4 is 4.74 Å². The van der Waals surface area contributed by atoms with Crippen LogP contribution >= 0.6 is 0 Å². The van der Waals surface area contributed by atoms with Crippen molar-refractivity contribution in [3.63, 3.8) is 0 Å². The van der Waals surface area contributed by atoms with E-state index in [0.29, 0.717) is 35.7 Å². The van der Waals surface area contributed by atoms with Gasteiger partial charge in [0.05, 0.1) is 7.11 Å². The minimum Gasteiger partial charge on any atom is -0.497 e. The van der Waals surface area contributed by atoms with Gasteiger partial charge < -0.3 is 14.1 Å². The fourth-order valence-electron chi connectivity index (χ4n) is 3.69. The number of methoxy groups -OCH3 is 1. The Hall–Kier alpha value is -2.82. The Balaban J connectivity index is 1.60. The third-order valence-corrected chi connectivity index (χ3v) is 5.16. The minimum absolute atomic E-state index is 0.0185. The second-order valence-corrected chi connectivity index (χ2v) is 6.68. The Morgan fingerprint density at radius 3 is 2.85 bits per heavy atom. The molecule has 1 fully saturated rings. The highest BCUT2D eigenvalue weighted by atomic mass is 19.1. The normalized spacial score (nSPS) is 17.0. The van der Waals surface area contributed by atoms with Crippen LogP contribution in [0.4, 0.5) is 4.39 Å². The molecule has 1 amide bonds. The quantitative estimate of drug-likeness (QED) is 0.695. The number of carbonyl (C=O) groups excluding carboxylic acids is 1. The third-order valence-electron chi connectivity index (χ3n) is 5.16. The number of halogens is 1. The number of rotatable bonds is 3. The summed E-state index contributed by atoms with van der Waals surface area (Å²) in [6.07, 6.45) is 0.750. The first-order valence-corrected chi connectivity index (χ1v) is 8.69. The molecule has 3 aromatic rings. The molecule has 1 atom stereocenters. The van der Waals surface area contributed by atoms with Crippen LogP contribution in [0, 0.1) is 12.7 Å². The van der Waals surface area contributed by atoms with Crippen molar-refractivity contribution < 1.29 is 18.3 Å². The summed E-state index contributed by atoms with van der Waals surface area (Å²) in [5, 5.41) is 0.902. The van der Waals surface area contributed by atoms with E-state index in [0.717, 1.165) is 17.4 Å². The Kier molecular flexibility index (Phi) is 4.15. The van der Waals surface area contributed by atoms with Crippen molar-refractivity contribution in [2.45, 2.75) is 19.3 Å². The molecule has 26 heavy (non-hydrogen) atoms. The summed E-state index contributed by atoms with van der Waals surface area (Å²) in [4.78, 5) is 14.7. The monoisotopic (exact) mass is 353 g/mol. The van der Waals surface area contributed by atoms with E-state index in [9.17, 15) is 9.18 Å². The number of aryl methyl sites for hydroxylation is 1. The van der Waals surface area contributed by atoms with Crippen molar-refractivity contribution in [1.82, 2.24) is 4.90 Å². The zero-order valence-corrected chi connectivity index (χ0v) is 14.8. The van der Waals surface area contributed by atoms with Gasteiger partial charge in [-0.25, -0.2) is 4.39 Å². The number of amides is 1. The molecule has 0 radical (unpaired) electrons. The zero-order chi connectivity index (χ0) is 18.3. The van der Waals surface area contributed by atoms with Crippen LogP contribution in [0.1, 0.15) is 34.0 Å². The van der Waals surface area contributed by atoms with Gasteiger partial charge in [-0.3, -0.25) is 4.79 Å². The van der Waals surface area contributed by atoms with Crippen molar-refractivity contribution in [1.29, 1.82) is 0 Å². The SMILES string of the molecule is COc1ccc2c(C)c(C(=O)N3CCC(c4ccccc4F)C3)oc2c1. The van der Waals surface area contributed by atoms with Crippen LogP contribution in [0.15, 0.2) is 46.9 Å². The van der Waals surface area contributed by atoms with Crippen molar-refractivity contribution in [3.05, 3.63) is 65.2 Å². The molecule has 4 nitrogen and oxygen atoms in total. The number of ether oxygens (including phenoxy) is 1. The summed E-state index contributed by atoms with van der Waals surface area (Å²) in [7, 11) is 1.59. The highest BCUT2D eigenvalue weighted by molar-refractivity contribution is 5.99. The van der Waals surface area contributed by atoms with Gasteiger partial charge in [-0.2, -0.15) is 0 Å². The lowest BCUT2D eigenvalue weighted by atomic mass is 9.98. The van der Waals surface area contributed by atoms with E-state index in [4.69, 9.17) is 9.15 Å². The van der Waals surface area contributed by atoms with Crippen LogP contribution in [-0.2, 0) is 0 Å². The number of benzene rings is 2. The maximum Gasteiger partial charge on any atom is 0.289 e. The number of hydrogen-bond donors (Lipinski definition) is 0.